The maximum absolute atomic E-state index is 9.16. The average molecular weight is 225 g/mol. The Labute approximate surface area is 96.0 Å². The van der Waals surface area contributed by atoms with E-state index in [0.717, 1.165) is 12.2 Å². The van der Waals surface area contributed by atoms with Crippen LogP contribution >= 0.6 is 0 Å². The molecule has 3 N–H and O–H groups in total. The molecule has 16 heavy (non-hydrogen) atoms. The van der Waals surface area contributed by atoms with E-state index in [-0.39, 0.29) is 18.8 Å². The van der Waals surface area contributed by atoms with Gasteiger partial charge in [-0.05, 0) is 30.7 Å². The summed E-state index contributed by atoms with van der Waals surface area (Å²) < 4.78 is 10.6. The normalized spacial score (nSPS) is 14.2. The predicted molar refractivity (Wildman–Crippen MR) is 62.8 cm³/mol. The third-order valence-electron chi connectivity index (χ3n) is 2.48. The second-order valence-corrected chi connectivity index (χ2v) is 3.59. The van der Waals surface area contributed by atoms with Gasteiger partial charge in [0.25, 0.3) is 0 Å². The van der Waals surface area contributed by atoms with Crippen molar-refractivity contribution in [3.05, 3.63) is 24.3 Å². The van der Waals surface area contributed by atoms with E-state index in [0.29, 0.717) is 5.75 Å². The summed E-state index contributed by atoms with van der Waals surface area (Å²) in [5.74, 6) is 1.46. The number of hydrogen-bond acceptors (Lipinski definition) is 4. The van der Waals surface area contributed by atoms with Crippen LogP contribution in [-0.4, -0.2) is 31.0 Å². The van der Waals surface area contributed by atoms with Crippen LogP contribution in [0.1, 0.15) is 13.3 Å². The van der Waals surface area contributed by atoms with Crippen LogP contribution in [0.3, 0.4) is 0 Å². The predicted octanol–water partition coefficient (Wildman–Crippen LogP) is 1.17. The number of aliphatic hydroxyl groups excluding tert-OH is 1. The fraction of sp³-hybridized carbons (Fsp3) is 0.500. The molecule has 1 rings (SSSR count). The number of nitrogens with two attached hydrogens (primary N) is 1. The summed E-state index contributed by atoms with van der Waals surface area (Å²) in [4.78, 5) is 0. The minimum absolute atomic E-state index is 0.0823. The van der Waals surface area contributed by atoms with E-state index >= 15 is 0 Å². The Bertz CT molecular complexity index is 300. The number of rotatable bonds is 6. The number of hydrogen-bond donors (Lipinski definition) is 2. The highest BCUT2D eigenvalue weighted by Gasteiger charge is 2.16. The topological polar surface area (TPSA) is 64.7 Å². The SMILES string of the molecule is CCC(N)C(CO)Oc1ccc(OC)cc1. The van der Waals surface area contributed by atoms with E-state index in [4.69, 9.17) is 20.3 Å². The molecule has 0 aliphatic carbocycles. The average Bonchev–Trinajstić information content (AvgIpc) is 2.35. The van der Waals surface area contributed by atoms with E-state index in [2.05, 4.69) is 0 Å². The summed E-state index contributed by atoms with van der Waals surface area (Å²) in [6.07, 6.45) is 0.403. The van der Waals surface area contributed by atoms with Gasteiger partial charge in [0.05, 0.1) is 13.7 Å². The lowest BCUT2D eigenvalue weighted by Gasteiger charge is -2.22. The van der Waals surface area contributed by atoms with Crippen LogP contribution in [0.2, 0.25) is 0 Å². The van der Waals surface area contributed by atoms with Gasteiger partial charge in [0, 0.05) is 6.04 Å². The minimum Gasteiger partial charge on any atom is -0.497 e. The molecule has 0 bridgehead atoms. The second kappa shape index (κ2) is 6.35. The Morgan fingerprint density at radius 3 is 2.25 bits per heavy atom. The van der Waals surface area contributed by atoms with Gasteiger partial charge in [-0.3, -0.25) is 0 Å². The summed E-state index contributed by atoms with van der Waals surface area (Å²) in [7, 11) is 1.61. The Morgan fingerprint density at radius 1 is 1.25 bits per heavy atom. The minimum atomic E-state index is -0.363. The molecule has 0 aliphatic rings. The van der Waals surface area contributed by atoms with Gasteiger partial charge >= 0.3 is 0 Å². The van der Waals surface area contributed by atoms with Gasteiger partial charge in [-0.2, -0.15) is 0 Å². The van der Waals surface area contributed by atoms with Gasteiger partial charge < -0.3 is 20.3 Å². The number of aliphatic hydroxyl groups is 1. The van der Waals surface area contributed by atoms with Crippen molar-refractivity contribution in [1.29, 1.82) is 0 Å². The smallest absolute Gasteiger partial charge is 0.137 e. The van der Waals surface area contributed by atoms with Crippen LogP contribution < -0.4 is 15.2 Å². The summed E-state index contributed by atoms with van der Waals surface area (Å²) in [6.45, 7) is 1.88. The molecule has 0 fully saturated rings. The molecule has 2 unspecified atom stereocenters. The fourth-order valence-electron chi connectivity index (χ4n) is 1.35. The molecule has 90 valence electrons. The molecule has 0 saturated carbocycles. The largest absolute Gasteiger partial charge is 0.497 e. The van der Waals surface area contributed by atoms with Crippen molar-refractivity contribution in [2.24, 2.45) is 5.73 Å². The molecule has 0 amide bonds. The molecule has 1 aromatic carbocycles. The van der Waals surface area contributed by atoms with E-state index in [1.165, 1.54) is 0 Å². The van der Waals surface area contributed by atoms with Crippen LogP contribution in [0, 0.1) is 0 Å². The Hall–Kier alpha value is -1.26. The molecule has 1 aromatic rings. The van der Waals surface area contributed by atoms with E-state index in [1.54, 1.807) is 31.4 Å². The Morgan fingerprint density at radius 2 is 1.81 bits per heavy atom. The van der Waals surface area contributed by atoms with Gasteiger partial charge in [-0.15, -0.1) is 0 Å². The molecule has 0 radical (unpaired) electrons. The molecule has 0 aliphatic heterocycles. The second-order valence-electron chi connectivity index (χ2n) is 3.59. The van der Waals surface area contributed by atoms with Crippen LogP contribution in [0.4, 0.5) is 0 Å². The summed E-state index contributed by atoms with van der Waals surface area (Å²) in [5, 5.41) is 9.16. The summed E-state index contributed by atoms with van der Waals surface area (Å²) in [5.41, 5.74) is 5.82. The summed E-state index contributed by atoms with van der Waals surface area (Å²) >= 11 is 0. The zero-order valence-electron chi connectivity index (χ0n) is 9.72. The monoisotopic (exact) mass is 225 g/mol. The van der Waals surface area contributed by atoms with Crippen molar-refractivity contribution in [3.63, 3.8) is 0 Å². The van der Waals surface area contributed by atoms with Gasteiger partial charge in [-0.25, -0.2) is 0 Å². The van der Waals surface area contributed by atoms with Crippen molar-refractivity contribution in [3.8, 4) is 11.5 Å². The maximum Gasteiger partial charge on any atom is 0.137 e. The molecule has 0 heterocycles. The quantitative estimate of drug-likeness (QED) is 0.763. The van der Waals surface area contributed by atoms with Crippen LogP contribution in [0.5, 0.6) is 11.5 Å². The molecule has 4 nitrogen and oxygen atoms in total. The highest BCUT2D eigenvalue weighted by atomic mass is 16.5. The Balaban J connectivity index is 2.63. The molecule has 0 saturated heterocycles. The van der Waals surface area contributed by atoms with Crippen molar-refractivity contribution in [2.45, 2.75) is 25.5 Å². The molecular formula is C12H19NO3. The standard InChI is InChI=1S/C12H19NO3/c1-3-11(13)12(8-14)16-10-6-4-9(15-2)5-7-10/h4-7,11-12,14H,3,8,13H2,1-2H3. The lowest BCUT2D eigenvalue weighted by molar-refractivity contribution is 0.0932. The van der Waals surface area contributed by atoms with Crippen LogP contribution in [-0.2, 0) is 0 Å². The van der Waals surface area contributed by atoms with Gasteiger partial charge in [0.1, 0.15) is 17.6 Å². The highest BCUT2D eigenvalue weighted by Crippen LogP contribution is 2.18. The number of methoxy groups -OCH3 is 1. The first-order chi connectivity index (χ1) is 7.71. The first kappa shape index (κ1) is 12.8. The lowest BCUT2D eigenvalue weighted by Crippen LogP contribution is -2.41. The first-order valence-corrected chi connectivity index (χ1v) is 5.38. The number of benzene rings is 1. The lowest BCUT2D eigenvalue weighted by atomic mass is 10.1. The molecule has 0 spiro atoms. The zero-order chi connectivity index (χ0) is 12.0. The molecule has 2 atom stereocenters. The summed E-state index contributed by atoms with van der Waals surface area (Å²) in [6, 6.07) is 7.04. The van der Waals surface area contributed by atoms with E-state index in [1.807, 2.05) is 6.92 Å². The van der Waals surface area contributed by atoms with Crippen LogP contribution in [0.15, 0.2) is 24.3 Å². The zero-order valence-corrected chi connectivity index (χ0v) is 9.72. The fourth-order valence-corrected chi connectivity index (χ4v) is 1.35. The van der Waals surface area contributed by atoms with Crippen molar-refractivity contribution < 1.29 is 14.6 Å². The third-order valence-corrected chi connectivity index (χ3v) is 2.48. The van der Waals surface area contributed by atoms with Gasteiger partial charge in [0.15, 0.2) is 0 Å². The molecular weight excluding hydrogens is 206 g/mol. The first-order valence-electron chi connectivity index (χ1n) is 5.38. The van der Waals surface area contributed by atoms with Crippen molar-refractivity contribution in [2.75, 3.05) is 13.7 Å². The number of ether oxygens (including phenoxy) is 2. The third kappa shape index (κ3) is 3.40. The molecule has 0 aromatic heterocycles. The van der Waals surface area contributed by atoms with Crippen molar-refractivity contribution >= 4 is 0 Å². The van der Waals surface area contributed by atoms with Gasteiger partial charge in [-0.1, -0.05) is 6.92 Å². The Kier molecular flexibility index (Phi) is 5.08. The van der Waals surface area contributed by atoms with E-state index < -0.39 is 0 Å². The maximum atomic E-state index is 9.16. The van der Waals surface area contributed by atoms with Crippen LogP contribution in [0.25, 0.3) is 0 Å². The van der Waals surface area contributed by atoms with Crippen molar-refractivity contribution in [1.82, 2.24) is 0 Å². The van der Waals surface area contributed by atoms with Gasteiger partial charge in [0.2, 0.25) is 0 Å². The molecule has 4 heteroatoms. The van der Waals surface area contributed by atoms with E-state index in [9.17, 15) is 0 Å². The highest BCUT2D eigenvalue weighted by molar-refractivity contribution is 5.31.